The first-order valence-electron chi connectivity index (χ1n) is 9.97. The molecule has 0 saturated carbocycles. The molecule has 0 fully saturated rings. The topological polar surface area (TPSA) is 64.6 Å². The van der Waals surface area contributed by atoms with E-state index in [1.54, 1.807) is 0 Å². The smallest absolute Gasteiger partial charge is 0.119 e. The second-order valence-electron chi connectivity index (χ2n) is 6.14. The van der Waals surface area contributed by atoms with Gasteiger partial charge in [0.1, 0.15) is 12.4 Å². The summed E-state index contributed by atoms with van der Waals surface area (Å²) in [6, 6.07) is 9.69. The molecule has 7 heteroatoms. The number of ether oxygens (including phenoxy) is 7. The van der Waals surface area contributed by atoms with Crippen molar-refractivity contribution < 1.29 is 33.2 Å². The largest absolute Gasteiger partial charge is 0.491 e. The molecule has 0 heterocycles. The van der Waals surface area contributed by atoms with E-state index < -0.39 is 0 Å². The molecule has 0 radical (unpaired) electrons. The van der Waals surface area contributed by atoms with Crippen molar-refractivity contribution in [1.29, 1.82) is 0 Å². The third-order valence-corrected chi connectivity index (χ3v) is 3.41. The van der Waals surface area contributed by atoms with Crippen molar-refractivity contribution >= 4 is 0 Å². The predicted octanol–water partition coefficient (Wildman–Crippen LogP) is 2.57. The monoisotopic (exact) mass is 400 g/mol. The third kappa shape index (κ3) is 16.9. The summed E-state index contributed by atoms with van der Waals surface area (Å²) in [6.45, 7) is 10.7. The van der Waals surface area contributed by atoms with Gasteiger partial charge in [0.05, 0.1) is 78.8 Å². The fourth-order valence-corrected chi connectivity index (χ4v) is 2.06. The Morgan fingerprint density at radius 2 is 0.929 bits per heavy atom. The SMILES string of the molecule is CC(C)OCCOCCOCCOCCOCCOCCOc1ccccc1. The zero-order valence-corrected chi connectivity index (χ0v) is 17.3. The zero-order chi connectivity index (χ0) is 20.1. The quantitative estimate of drug-likeness (QED) is 0.312. The van der Waals surface area contributed by atoms with Crippen molar-refractivity contribution in [1.82, 2.24) is 0 Å². The van der Waals surface area contributed by atoms with Gasteiger partial charge in [-0.3, -0.25) is 0 Å². The van der Waals surface area contributed by atoms with Crippen molar-refractivity contribution in [3.05, 3.63) is 30.3 Å². The maximum Gasteiger partial charge on any atom is 0.119 e. The molecular formula is C21H36O7. The van der Waals surface area contributed by atoms with Gasteiger partial charge in [0, 0.05) is 0 Å². The second-order valence-corrected chi connectivity index (χ2v) is 6.14. The van der Waals surface area contributed by atoms with Crippen LogP contribution in [0, 0.1) is 0 Å². The highest BCUT2D eigenvalue weighted by Gasteiger charge is 1.96. The van der Waals surface area contributed by atoms with Crippen LogP contribution in [0.1, 0.15) is 13.8 Å². The summed E-state index contributed by atoms with van der Waals surface area (Å²) >= 11 is 0. The minimum atomic E-state index is 0.244. The van der Waals surface area contributed by atoms with E-state index in [0.29, 0.717) is 79.3 Å². The number of benzene rings is 1. The molecule has 1 aromatic carbocycles. The summed E-state index contributed by atoms with van der Waals surface area (Å²) < 4.78 is 38.0. The Kier molecular flexibility index (Phi) is 16.9. The molecule has 0 aliphatic heterocycles. The van der Waals surface area contributed by atoms with Gasteiger partial charge in [-0.2, -0.15) is 0 Å². The minimum absolute atomic E-state index is 0.244. The van der Waals surface area contributed by atoms with Gasteiger partial charge in [0.25, 0.3) is 0 Å². The molecule has 0 spiro atoms. The van der Waals surface area contributed by atoms with Crippen LogP contribution in [-0.2, 0) is 28.4 Å². The first-order valence-corrected chi connectivity index (χ1v) is 9.97. The molecule has 0 aliphatic rings. The highest BCUT2D eigenvalue weighted by Crippen LogP contribution is 2.07. The van der Waals surface area contributed by atoms with Crippen LogP contribution in [0.4, 0.5) is 0 Å². The van der Waals surface area contributed by atoms with Gasteiger partial charge in [-0.1, -0.05) is 18.2 Å². The summed E-state index contributed by atoms with van der Waals surface area (Å²) in [5.41, 5.74) is 0. The maximum atomic E-state index is 5.53. The molecule has 0 atom stereocenters. The Bertz CT molecular complexity index is 428. The first-order chi connectivity index (χ1) is 13.8. The molecule has 28 heavy (non-hydrogen) atoms. The zero-order valence-electron chi connectivity index (χ0n) is 17.3. The second kappa shape index (κ2) is 19.1. The fourth-order valence-electron chi connectivity index (χ4n) is 2.06. The van der Waals surface area contributed by atoms with Gasteiger partial charge in [0.2, 0.25) is 0 Å². The van der Waals surface area contributed by atoms with Gasteiger partial charge < -0.3 is 33.2 Å². The lowest BCUT2D eigenvalue weighted by atomic mass is 10.3. The summed E-state index contributed by atoms with van der Waals surface area (Å²) in [6.07, 6.45) is 0.244. The van der Waals surface area contributed by atoms with E-state index in [9.17, 15) is 0 Å². The van der Waals surface area contributed by atoms with Gasteiger partial charge in [-0.25, -0.2) is 0 Å². The molecule has 0 aliphatic carbocycles. The van der Waals surface area contributed by atoms with E-state index in [1.807, 2.05) is 44.2 Å². The Labute approximate surface area is 169 Å². The molecule has 7 nitrogen and oxygen atoms in total. The van der Waals surface area contributed by atoms with Crippen molar-refractivity contribution in [2.75, 3.05) is 79.3 Å². The number of hydrogen-bond acceptors (Lipinski definition) is 7. The molecule has 0 unspecified atom stereocenters. The molecular weight excluding hydrogens is 364 g/mol. The van der Waals surface area contributed by atoms with Crippen LogP contribution in [0.25, 0.3) is 0 Å². The van der Waals surface area contributed by atoms with Crippen molar-refractivity contribution in [3.63, 3.8) is 0 Å². The van der Waals surface area contributed by atoms with Crippen LogP contribution in [-0.4, -0.2) is 85.4 Å². The van der Waals surface area contributed by atoms with Crippen LogP contribution < -0.4 is 4.74 Å². The summed E-state index contributed by atoms with van der Waals surface area (Å²) in [4.78, 5) is 0. The summed E-state index contributed by atoms with van der Waals surface area (Å²) in [5, 5.41) is 0. The highest BCUT2D eigenvalue weighted by atomic mass is 16.6. The Morgan fingerprint density at radius 1 is 0.536 bits per heavy atom. The van der Waals surface area contributed by atoms with Crippen LogP contribution in [0.15, 0.2) is 30.3 Å². The summed E-state index contributed by atoms with van der Waals surface area (Å²) in [7, 11) is 0. The summed E-state index contributed by atoms with van der Waals surface area (Å²) in [5.74, 6) is 0.854. The molecule has 0 bridgehead atoms. The number of hydrogen-bond donors (Lipinski definition) is 0. The van der Waals surface area contributed by atoms with Gasteiger partial charge in [0.15, 0.2) is 0 Å². The van der Waals surface area contributed by atoms with E-state index >= 15 is 0 Å². The molecule has 1 aromatic rings. The van der Waals surface area contributed by atoms with Crippen molar-refractivity contribution in [2.45, 2.75) is 20.0 Å². The average Bonchev–Trinajstić information content (AvgIpc) is 2.70. The van der Waals surface area contributed by atoms with Crippen LogP contribution in [0.2, 0.25) is 0 Å². The third-order valence-electron chi connectivity index (χ3n) is 3.41. The lowest BCUT2D eigenvalue weighted by Gasteiger charge is -2.09. The van der Waals surface area contributed by atoms with E-state index in [2.05, 4.69) is 0 Å². The van der Waals surface area contributed by atoms with Crippen molar-refractivity contribution in [2.24, 2.45) is 0 Å². The Morgan fingerprint density at radius 3 is 1.36 bits per heavy atom. The molecule has 0 aromatic heterocycles. The van der Waals surface area contributed by atoms with Crippen LogP contribution >= 0.6 is 0 Å². The van der Waals surface area contributed by atoms with Crippen molar-refractivity contribution in [3.8, 4) is 5.75 Å². The number of para-hydroxylation sites is 1. The number of rotatable bonds is 20. The van der Waals surface area contributed by atoms with Gasteiger partial charge in [-0.15, -0.1) is 0 Å². The standard InChI is InChI=1S/C21H36O7/c1-20(2)27-18-16-25-14-12-23-10-8-22-9-11-24-13-15-26-17-19-28-21-6-4-3-5-7-21/h3-7,20H,8-19H2,1-2H3. The molecule has 162 valence electrons. The van der Waals surface area contributed by atoms with E-state index in [4.69, 9.17) is 33.2 Å². The normalized spacial score (nSPS) is 11.2. The molecule has 0 saturated heterocycles. The van der Waals surface area contributed by atoms with Crippen LogP contribution in [0.5, 0.6) is 5.75 Å². The van der Waals surface area contributed by atoms with Gasteiger partial charge >= 0.3 is 0 Å². The lowest BCUT2D eigenvalue weighted by Crippen LogP contribution is -2.15. The van der Waals surface area contributed by atoms with Gasteiger partial charge in [-0.05, 0) is 26.0 Å². The Hall–Kier alpha value is -1.22. The first kappa shape index (κ1) is 24.8. The average molecular weight is 401 g/mol. The lowest BCUT2D eigenvalue weighted by molar-refractivity contribution is -0.0219. The Balaban J connectivity index is 1.68. The van der Waals surface area contributed by atoms with E-state index in [-0.39, 0.29) is 6.10 Å². The maximum absolute atomic E-state index is 5.53. The van der Waals surface area contributed by atoms with E-state index in [1.165, 1.54) is 0 Å². The predicted molar refractivity (Wildman–Crippen MR) is 107 cm³/mol. The molecule has 0 N–H and O–H groups in total. The molecule has 0 amide bonds. The highest BCUT2D eigenvalue weighted by molar-refractivity contribution is 5.20. The fraction of sp³-hybridized carbons (Fsp3) is 0.714. The van der Waals surface area contributed by atoms with Crippen LogP contribution in [0.3, 0.4) is 0 Å². The minimum Gasteiger partial charge on any atom is -0.491 e. The molecule has 1 rings (SSSR count). The van der Waals surface area contributed by atoms with E-state index in [0.717, 1.165) is 5.75 Å².